The normalized spacial score (nSPS) is 12.2. The molecule has 0 amide bonds. The van der Waals surface area contributed by atoms with Gasteiger partial charge in [-0.15, -0.1) is 0 Å². The van der Waals surface area contributed by atoms with Crippen LogP contribution in [0.2, 0.25) is 0 Å². The van der Waals surface area contributed by atoms with Gasteiger partial charge in [-0.2, -0.15) is 0 Å². The number of aryl methyl sites for hydroxylation is 1. The van der Waals surface area contributed by atoms with Gasteiger partial charge in [0.05, 0.1) is 0 Å². The summed E-state index contributed by atoms with van der Waals surface area (Å²) < 4.78 is 0. The molecular formula is C18H25N3. The van der Waals surface area contributed by atoms with Crippen LogP contribution in [0.5, 0.6) is 0 Å². The number of nitrogens with zero attached hydrogens (tertiary/aromatic N) is 2. The topological polar surface area (TPSA) is 42.1 Å². The quantitative estimate of drug-likeness (QED) is 0.876. The van der Waals surface area contributed by atoms with Crippen molar-refractivity contribution < 1.29 is 0 Å². The van der Waals surface area contributed by atoms with Crippen molar-refractivity contribution in [3.8, 4) is 0 Å². The highest BCUT2D eigenvalue weighted by Gasteiger charge is 2.14. The van der Waals surface area contributed by atoms with Crippen LogP contribution in [-0.4, -0.2) is 17.6 Å². The minimum absolute atomic E-state index is 0.185. The van der Waals surface area contributed by atoms with Gasteiger partial charge in [0.1, 0.15) is 5.82 Å². The fourth-order valence-electron chi connectivity index (χ4n) is 2.44. The highest BCUT2D eigenvalue weighted by Crippen LogP contribution is 2.27. The number of hydrogen-bond acceptors (Lipinski definition) is 3. The molecule has 0 saturated carbocycles. The molecule has 2 aromatic rings. The SMILES string of the molecule is CCC(N)Cc1cccnc1N(CC)c1ccc(C)cc1. The lowest BCUT2D eigenvalue weighted by molar-refractivity contribution is 0.644. The molecule has 0 aliphatic carbocycles. The molecule has 112 valence electrons. The minimum Gasteiger partial charge on any atom is -0.327 e. The Morgan fingerprint density at radius 3 is 2.48 bits per heavy atom. The van der Waals surface area contributed by atoms with Gasteiger partial charge in [0.25, 0.3) is 0 Å². The van der Waals surface area contributed by atoms with Gasteiger partial charge in [0, 0.05) is 24.5 Å². The van der Waals surface area contributed by atoms with E-state index in [1.165, 1.54) is 16.8 Å². The molecular weight excluding hydrogens is 258 g/mol. The Morgan fingerprint density at radius 1 is 1.14 bits per heavy atom. The fourth-order valence-corrected chi connectivity index (χ4v) is 2.44. The van der Waals surface area contributed by atoms with Crippen LogP contribution in [0.15, 0.2) is 42.6 Å². The monoisotopic (exact) mass is 283 g/mol. The molecule has 1 atom stereocenters. The molecule has 21 heavy (non-hydrogen) atoms. The lowest BCUT2D eigenvalue weighted by atomic mass is 10.0. The molecule has 0 aliphatic heterocycles. The Labute approximate surface area is 127 Å². The maximum atomic E-state index is 6.13. The van der Waals surface area contributed by atoms with Crippen molar-refractivity contribution in [3.63, 3.8) is 0 Å². The van der Waals surface area contributed by atoms with Gasteiger partial charge in [0.2, 0.25) is 0 Å². The van der Waals surface area contributed by atoms with Crippen LogP contribution in [0.3, 0.4) is 0 Å². The average molecular weight is 283 g/mol. The Bertz CT molecular complexity index is 563. The summed E-state index contributed by atoms with van der Waals surface area (Å²) in [6.45, 7) is 7.26. The number of hydrogen-bond donors (Lipinski definition) is 1. The third kappa shape index (κ3) is 3.82. The van der Waals surface area contributed by atoms with Crippen molar-refractivity contribution in [2.24, 2.45) is 5.73 Å². The summed E-state index contributed by atoms with van der Waals surface area (Å²) in [4.78, 5) is 6.85. The highest BCUT2D eigenvalue weighted by molar-refractivity contribution is 5.63. The third-order valence-electron chi connectivity index (χ3n) is 3.79. The van der Waals surface area contributed by atoms with Crippen molar-refractivity contribution in [3.05, 3.63) is 53.7 Å². The number of rotatable bonds is 6. The van der Waals surface area contributed by atoms with Crippen LogP contribution in [0.4, 0.5) is 11.5 Å². The molecule has 0 saturated heterocycles. The number of aromatic nitrogens is 1. The second-order valence-electron chi connectivity index (χ2n) is 5.44. The van der Waals surface area contributed by atoms with E-state index in [4.69, 9.17) is 5.73 Å². The van der Waals surface area contributed by atoms with Crippen LogP contribution < -0.4 is 10.6 Å². The third-order valence-corrected chi connectivity index (χ3v) is 3.79. The molecule has 0 aliphatic rings. The fraction of sp³-hybridized carbons (Fsp3) is 0.389. The van der Waals surface area contributed by atoms with E-state index in [0.717, 1.165) is 25.2 Å². The first kappa shape index (κ1) is 15.5. The summed E-state index contributed by atoms with van der Waals surface area (Å²) in [5, 5.41) is 0. The second-order valence-corrected chi connectivity index (χ2v) is 5.44. The van der Waals surface area contributed by atoms with Crippen molar-refractivity contribution in [2.75, 3.05) is 11.4 Å². The van der Waals surface area contributed by atoms with E-state index in [1.807, 2.05) is 12.3 Å². The molecule has 0 fully saturated rings. The number of benzene rings is 1. The van der Waals surface area contributed by atoms with E-state index in [2.05, 4.69) is 61.0 Å². The first-order chi connectivity index (χ1) is 10.2. The van der Waals surface area contributed by atoms with Crippen molar-refractivity contribution >= 4 is 11.5 Å². The predicted octanol–water partition coefficient (Wildman–Crippen LogP) is 3.83. The summed E-state index contributed by atoms with van der Waals surface area (Å²) in [5.41, 5.74) is 9.79. The van der Waals surface area contributed by atoms with Crippen LogP contribution in [0.25, 0.3) is 0 Å². The molecule has 1 heterocycles. The Hall–Kier alpha value is -1.87. The van der Waals surface area contributed by atoms with Crippen molar-refractivity contribution in [1.29, 1.82) is 0 Å². The van der Waals surface area contributed by atoms with Gasteiger partial charge in [-0.25, -0.2) is 4.98 Å². The zero-order valence-corrected chi connectivity index (χ0v) is 13.2. The Kier molecular flexibility index (Phi) is 5.34. The standard InChI is InChI=1S/C18H25N3/c1-4-16(19)13-15-7-6-12-20-18(15)21(5-2)17-10-8-14(3)9-11-17/h6-12,16H,4-5,13,19H2,1-3H3. The molecule has 3 nitrogen and oxygen atoms in total. The van der Waals surface area contributed by atoms with E-state index < -0.39 is 0 Å². The molecule has 2 N–H and O–H groups in total. The van der Waals surface area contributed by atoms with Gasteiger partial charge in [-0.3, -0.25) is 0 Å². The molecule has 1 unspecified atom stereocenters. The number of nitrogens with two attached hydrogens (primary N) is 1. The largest absolute Gasteiger partial charge is 0.327 e. The second kappa shape index (κ2) is 7.23. The number of anilines is 2. The molecule has 1 aromatic carbocycles. The first-order valence-corrected chi connectivity index (χ1v) is 7.69. The van der Waals surface area contributed by atoms with E-state index >= 15 is 0 Å². The van der Waals surface area contributed by atoms with Crippen molar-refractivity contribution in [1.82, 2.24) is 4.98 Å². The van der Waals surface area contributed by atoms with Crippen LogP contribution in [0, 0.1) is 6.92 Å². The maximum Gasteiger partial charge on any atom is 0.136 e. The Morgan fingerprint density at radius 2 is 1.86 bits per heavy atom. The van der Waals surface area contributed by atoms with E-state index in [-0.39, 0.29) is 6.04 Å². The Balaban J connectivity index is 2.35. The lowest BCUT2D eigenvalue weighted by Gasteiger charge is -2.25. The summed E-state index contributed by atoms with van der Waals surface area (Å²) in [6.07, 6.45) is 3.69. The average Bonchev–Trinajstić information content (AvgIpc) is 2.51. The molecule has 2 rings (SSSR count). The van der Waals surface area contributed by atoms with Gasteiger partial charge in [0.15, 0.2) is 0 Å². The highest BCUT2D eigenvalue weighted by atomic mass is 15.2. The molecule has 0 spiro atoms. The molecule has 3 heteroatoms. The van der Waals surface area contributed by atoms with Crippen molar-refractivity contribution in [2.45, 2.75) is 39.7 Å². The predicted molar refractivity (Wildman–Crippen MR) is 90.1 cm³/mol. The molecule has 0 radical (unpaired) electrons. The smallest absolute Gasteiger partial charge is 0.136 e. The summed E-state index contributed by atoms with van der Waals surface area (Å²) in [7, 11) is 0. The van der Waals surface area contributed by atoms with Gasteiger partial charge in [-0.1, -0.05) is 30.7 Å². The van der Waals surface area contributed by atoms with Crippen LogP contribution in [0.1, 0.15) is 31.4 Å². The first-order valence-electron chi connectivity index (χ1n) is 7.69. The van der Waals surface area contributed by atoms with E-state index in [9.17, 15) is 0 Å². The van der Waals surface area contributed by atoms with E-state index in [1.54, 1.807) is 0 Å². The zero-order chi connectivity index (χ0) is 15.2. The van der Waals surface area contributed by atoms with Crippen LogP contribution >= 0.6 is 0 Å². The van der Waals surface area contributed by atoms with Gasteiger partial charge >= 0.3 is 0 Å². The van der Waals surface area contributed by atoms with E-state index in [0.29, 0.717) is 0 Å². The van der Waals surface area contributed by atoms with Crippen LogP contribution in [-0.2, 0) is 6.42 Å². The minimum atomic E-state index is 0.185. The molecule has 0 bridgehead atoms. The summed E-state index contributed by atoms with van der Waals surface area (Å²) in [6, 6.07) is 12.9. The summed E-state index contributed by atoms with van der Waals surface area (Å²) >= 11 is 0. The zero-order valence-electron chi connectivity index (χ0n) is 13.2. The summed E-state index contributed by atoms with van der Waals surface area (Å²) in [5.74, 6) is 1.02. The molecule has 1 aromatic heterocycles. The lowest BCUT2D eigenvalue weighted by Crippen LogP contribution is -2.25. The van der Waals surface area contributed by atoms with Gasteiger partial charge in [-0.05, 0) is 50.5 Å². The van der Waals surface area contributed by atoms with Gasteiger partial charge < -0.3 is 10.6 Å². The number of pyridine rings is 1. The maximum absolute atomic E-state index is 6.13.